The molecule has 158 valence electrons. The summed E-state index contributed by atoms with van der Waals surface area (Å²) in [4.78, 5) is 21.3. The van der Waals surface area contributed by atoms with Crippen molar-refractivity contribution in [3.8, 4) is 22.8 Å². The molecule has 1 amide bonds. The van der Waals surface area contributed by atoms with Gasteiger partial charge in [-0.05, 0) is 54.9 Å². The number of amides is 1. The van der Waals surface area contributed by atoms with Crippen molar-refractivity contribution in [1.29, 1.82) is 0 Å². The molecule has 7 nitrogen and oxygen atoms in total. The lowest BCUT2D eigenvalue weighted by Gasteiger charge is -2.11. The first-order chi connectivity index (χ1) is 15.2. The van der Waals surface area contributed by atoms with Gasteiger partial charge in [0.1, 0.15) is 38.8 Å². The number of methoxy groups -OCH3 is 1. The molecule has 9 heteroatoms. The number of fused-ring (bicyclic) bond motifs is 1. The van der Waals surface area contributed by atoms with Crippen LogP contribution in [0.5, 0.6) is 11.5 Å². The van der Waals surface area contributed by atoms with Gasteiger partial charge in [-0.2, -0.15) is 4.37 Å². The molecule has 0 atom stereocenters. The van der Waals surface area contributed by atoms with Crippen molar-refractivity contribution in [2.75, 3.05) is 24.8 Å². The van der Waals surface area contributed by atoms with Gasteiger partial charge in [-0.25, -0.2) is 9.97 Å². The summed E-state index contributed by atoms with van der Waals surface area (Å²) in [5, 5.41) is 3.64. The third kappa shape index (κ3) is 4.78. The number of hydrogen-bond acceptors (Lipinski definition) is 8. The van der Waals surface area contributed by atoms with Gasteiger partial charge in [0.05, 0.1) is 25.2 Å². The number of thioether (sulfide) groups is 1. The maximum atomic E-state index is 12.5. The Kier molecular flexibility index (Phi) is 6.63. The van der Waals surface area contributed by atoms with Crippen molar-refractivity contribution in [2.45, 2.75) is 11.9 Å². The minimum Gasteiger partial charge on any atom is -0.497 e. The number of nitrogens with one attached hydrogen (secondary N) is 1. The van der Waals surface area contributed by atoms with Gasteiger partial charge in [-0.1, -0.05) is 23.9 Å². The predicted octanol–water partition coefficient (Wildman–Crippen LogP) is 4.89. The van der Waals surface area contributed by atoms with E-state index in [0.29, 0.717) is 18.0 Å². The first-order valence-electron chi connectivity index (χ1n) is 9.59. The van der Waals surface area contributed by atoms with Gasteiger partial charge >= 0.3 is 0 Å². The van der Waals surface area contributed by atoms with E-state index in [2.05, 4.69) is 19.7 Å². The largest absolute Gasteiger partial charge is 0.497 e. The van der Waals surface area contributed by atoms with E-state index in [1.54, 1.807) is 7.11 Å². The average Bonchev–Trinajstić information content (AvgIpc) is 3.24. The zero-order chi connectivity index (χ0) is 21.6. The summed E-state index contributed by atoms with van der Waals surface area (Å²) in [6.07, 6.45) is 1.51. The Hall–Kier alpha value is -3.17. The van der Waals surface area contributed by atoms with Crippen LogP contribution in [0.4, 0.5) is 5.69 Å². The van der Waals surface area contributed by atoms with Gasteiger partial charge in [-0.3, -0.25) is 4.79 Å². The first kappa shape index (κ1) is 21.1. The van der Waals surface area contributed by atoms with Crippen molar-refractivity contribution in [3.05, 3.63) is 54.9 Å². The molecule has 4 aromatic rings. The molecule has 0 aliphatic heterocycles. The quantitative estimate of drug-likeness (QED) is 0.301. The van der Waals surface area contributed by atoms with Crippen LogP contribution in [0.2, 0.25) is 0 Å². The highest BCUT2D eigenvalue weighted by atomic mass is 32.2. The Morgan fingerprint density at radius 2 is 1.94 bits per heavy atom. The fourth-order valence-electron chi connectivity index (χ4n) is 2.96. The molecular weight excluding hydrogens is 432 g/mol. The zero-order valence-electron chi connectivity index (χ0n) is 17.0. The van der Waals surface area contributed by atoms with Crippen molar-refractivity contribution >= 4 is 45.1 Å². The van der Waals surface area contributed by atoms with E-state index in [9.17, 15) is 4.79 Å². The number of carbonyl (C=O) groups excluding carboxylic acids is 1. The Labute approximate surface area is 188 Å². The number of ether oxygens (including phenoxy) is 2. The summed E-state index contributed by atoms with van der Waals surface area (Å²) in [7, 11) is 1.63. The summed E-state index contributed by atoms with van der Waals surface area (Å²) >= 11 is 2.69. The second-order valence-corrected chi connectivity index (χ2v) is 8.12. The third-order valence-corrected chi connectivity index (χ3v) is 6.35. The maximum absolute atomic E-state index is 12.5. The standard InChI is InChI=1S/C22H20N4O3S2/c1-3-29-17-7-5-4-6-16(17)25-18(27)12-30-22-21-20(23-13-24-22)19(26-31-21)14-8-10-15(28-2)11-9-14/h4-11,13H,3,12H2,1-2H3,(H,25,27). The Bertz CT molecular complexity index is 1200. The molecule has 2 aromatic carbocycles. The monoisotopic (exact) mass is 452 g/mol. The van der Waals surface area contributed by atoms with Gasteiger partial charge < -0.3 is 14.8 Å². The molecule has 1 N–H and O–H groups in total. The van der Waals surface area contributed by atoms with Crippen molar-refractivity contribution in [1.82, 2.24) is 14.3 Å². The topological polar surface area (TPSA) is 86.2 Å². The molecule has 0 radical (unpaired) electrons. The van der Waals surface area contributed by atoms with E-state index in [0.717, 1.165) is 32.2 Å². The van der Waals surface area contributed by atoms with E-state index in [4.69, 9.17) is 9.47 Å². The molecule has 0 spiro atoms. The van der Waals surface area contributed by atoms with Crippen molar-refractivity contribution in [2.24, 2.45) is 0 Å². The van der Waals surface area contributed by atoms with Crippen molar-refractivity contribution < 1.29 is 14.3 Å². The zero-order valence-corrected chi connectivity index (χ0v) is 18.6. The lowest BCUT2D eigenvalue weighted by molar-refractivity contribution is -0.113. The lowest BCUT2D eigenvalue weighted by atomic mass is 10.1. The second kappa shape index (κ2) is 9.76. The molecule has 0 saturated heterocycles. The molecule has 2 aromatic heterocycles. The fourth-order valence-corrected chi connectivity index (χ4v) is 4.67. The van der Waals surface area contributed by atoms with Crippen LogP contribution in [0.15, 0.2) is 59.9 Å². The smallest absolute Gasteiger partial charge is 0.234 e. The SMILES string of the molecule is CCOc1ccccc1NC(=O)CSc1ncnc2c(-c3ccc(OC)cc3)nsc12. The highest BCUT2D eigenvalue weighted by Crippen LogP contribution is 2.35. The molecule has 0 aliphatic rings. The van der Waals surface area contributed by atoms with Crippen LogP contribution in [0.25, 0.3) is 21.5 Å². The third-order valence-electron chi connectivity index (χ3n) is 4.39. The maximum Gasteiger partial charge on any atom is 0.234 e. The number of aromatic nitrogens is 3. The molecule has 31 heavy (non-hydrogen) atoms. The second-order valence-electron chi connectivity index (χ2n) is 6.38. The molecule has 4 rings (SSSR count). The summed E-state index contributed by atoms with van der Waals surface area (Å²) < 4.78 is 16.2. The number of benzene rings is 2. The molecule has 0 fully saturated rings. The lowest BCUT2D eigenvalue weighted by Crippen LogP contribution is -2.15. The van der Waals surface area contributed by atoms with E-state index in [1.165, 1.54) is 29.6 Å². The van der Waals surface area contributed by atoms with Crippen LogP contribution in [0.1, 0.15) is 6.92 Å². The van der Waals surface area contributed by atoms with Gasteiger partial charge in [0, 0.05) is 5.56 Å². The number of nitrogens with zero attached hydrogens (tertiary/aromatic N) is 3. The minimum atomic E-state index is -0.135. The van der Waals surface area contributed by atoms with Gasteiger partial charge in [0.2, 0.25) is 5.91 Å². The molecule has 0 aliphatic carbocycles. The number of rotatable bonds is 8. The van der Waals surface area contributed by atoms with Gasteiger partial charge in [0.15, 0.2) is 0 Å². The number of hydrogen-bond donors (Lipinski definition) is 1. The molecule has 0 bridgehead atoms. The van der Waals surface area contributed by atoms with Crippen LogP contribution in [0, 0.1) is 0 Å². The Morgan fingerprint density at radius 3 is 2.71 bits per heavy atom. The fraction of sp³-hybridized carbons (Fsp3) is 0.182. The molecular formula is C22H20N4O3S2. The van der Waals surface area contributed by atoms with Crippen LogP contribution >= 0.6 is 23.3 Å². The van der Waals surface area contributed by atoms with Gasteiger partial charge in [0.25, 0.3) is 0 Å². The predicted molar refractivity (Wildman–Crippen MR) is 124 cm³/mol. The Morgan fingerprint density at radius 1 is 1.13 bits per heavy atom. The summed E-state index contributed by atoms with van der Waals surface area (Å²) in [6, 6.07) is 15.1. The summed E-state index contributed by atoms with van der Waals surface area (Å²) in [6.45, 7) is 2.44. The molecule has 2 heterocycles. The van der Waals surface area contributed by atoms with E-state index < -0.39 is 0 Å². The Balaban J connectivity index is 1.49. The first-order valence-corrected chi connectivity index (χ1v) is 11.3. The minimum absolute atomic E-state index is 0.135. The van der Waals surface area contributed by atoms with E-state index >= 15 is 0 Å². The average molecular weight is 453 g/mol. The van der Waals surface area contributed by atoms with Crippen LogP contribution in [0.3, 0.4) is 0 Å². The normalized spacial score (nSPS) is 10.8. The number of para-hydroxylation sites is 2. The number of anilines is 1. The van der Waals surface area contributed by atoms with E-state index in [-0.39, 0.29) is 11.7 Å². The molecule has 0 saturated carbocycles. The van der Waals surface area contributed by atoms with Crippen molar-refractivity contribution in [3.63, 3.8) is 0 Å². The van der Waals surface area contributed by atoms with Gasteiger partial charge in [-0.15, -0.1) is 0 Å². The summed E-state index contributed by atoms with van der Waals surface area (Å²) in [5.74, 6) is 1.51. The highest BCUT2D eigenvalue weighted by Gasteiger charge is 2.16. The highest BCUT2D eigenvalue weighted by molar-refractivity contribution is 8.00. The number of carbonyl (C=O) groups is 1. The molecule has 0 unspecified atom stereocenters. The summed E-state index contributed by atoms with van der Waals surface area (Å²) in [5.41, 5.74) is 3.17. The van der Waals surface area contributed by atoms with Crippen LogP contribution in [-0.2, 0) is 4.79 Å². The van der Waals surface area contributed by atoms with Crippen LogP contribution in [-0.4, -0.2) is 39.7 Å². The van der Waals surface area contributed by atoms with E-state index in [1.807, 2.05) is 55.5 Å². The van der Waals surface area contributed by atoms with Crippen LogP contribution < -0.4 is 14.8 Å².